The maximum Gasteiger partial charge on any atom is 0.338 e. The fraction of sp³-hybridized carbons (Fsp3) is 0.771. The van der Waals surface area contributed by atoms with Gasteiger partial charge in [0.15, 0.2) is 6.23 Å². The van der Waals surface area contributed by atoms with E-state index in [1.807, 2.05) is 27.8 Å². The van der Waals surface area contributed by atoms with Gasteiger partial charge >= 0.3 is 5.97 Å². The Morgan fingerprint density at radius 3 is 2.40 bits per heavy atom. The van der Waals surface area contributed by atoms with E-state index in [0.29, 0.717) is 25.6 Å². The molecule has 1 amide bonds. The molecule has 0 spiro atoms. The molecule has 0 bridgehead atoms. The second-order valence-corrected chi connectivity index (χ2v) is 13.7. The van der Waals surface area contributed by atoms with Crippen molar-refractivity contribution in [2.45, 2.75) is 119 Å². The van der Waals surface area contributed by atoms with Crippen LogP contribution in [0.4, 0.5) is 0 Å². The molecule has 2 aliphatic rings. The fourth-order valence-corrected chi connectivity index (χ4v) is 6.93. The summed E-state index contributed by atoms with van der Waals surface area (Å²) in [5, 5.41) is 0. The second-order valence-electron chi connectivity index (χ2n) is 13.7. The average Bonchev–Trinajstić information content (AvgIpc) is 2.94. The summed E-state index contributed by atoms with van der Waals surface area (Å²) < 4.78 is 24.5. The monoisotopic (exact) mass is 587 g/mol. The van der Waals surface area contributed by atoms with Gasteiger partial charge in [-0.05, 0) is 92.4 Å². The molecule has 0 aliphatic carbocycles. The molecule has 0 N–H and O–H groups in total. The summed E-state index contributed by atoms with van der Waals surface area (Å²) in [5.41, 5.74) is 5.24. The number of esters is 1. The number of carbonyl (C=O) groups is 2. The van der Waals surface area contributed by atoms with Crippen molar-refractivity contribution in [3.05, 3.63) is 33.9 Å². The predicted molar refractivity (Wildman–Crippen MR) is 167 cm³/mol. The first-order valence-corrected chi connectivity index (χ1v) is 16.0. The molecule has 1 fully saturated rings. The summed E-state index contributed by atoms with van der Waals surface area (Å²) in [7, 11) is 3.46. The van der Waals surface area contributed by atoms with Crippen LogP contribution in [0.3, 0.4) is 0 Å². The highest BCUT2D eigenvalue weighted by Gasteiger charge is 2.47. The number of aryl methyl sites for hydroxylation is 2. The first-order chi connectivity index (χ1) is 19.7. The molecule has 0 aromatic heterocycles. The van der Waals surface area contributed by atoms with Crippen LogP contribution in [0.5, 0.6) is 0 Å². The summed E-state index contributed by atoms with van der Waals surface area (Å²) in [4.78, 5) is 28.3. The van der Waals surface area contributed by atoms with Crippen LogP contribution < -0.4 is 0 Å². The SMILES string of the molecule is CCOC(C1CC(C)C(C)(C)C(CC(C)C(C)C2Cc3c(C)c(C)cc(C)c3C(=O)O2)O1)N(C)C(=O)C(CC)COC. The molecule has 2 heterocycles. The maximum absolute atomic E-state index is 13.4. The van der Waals surface area contributed by atoms with Gasteiger partial charge in [0.25, 0.3) is 0 Å². The highest BCUT2D eigenvalue weighted by molar-refractivity contribution is 5.94. The Kier molecular flexibility index (Phi) is 11.7. The normalized spacial score (nSPS) is 26.5. The number of rotatable bonds is 12. The Labute approximate surface area is 255 Å². The molecule has 1 aromatic rings. The largest absolute Gasteiger partial charge is 0.458 e. The predicted octanol–water partition coefficient (Wildman–Crippen LogP) is 6.67. The zero-order chi connectivity index (χ0) is 31.5. The lowest BCUT2D eigenvalue weighted by molar-refractivity contribution is -0.220. The third-order valence-corrected chi connectivity index (χ3v) is 10.7. The van der Waals surface area contributed by atoms with Crippen molar-refractivity contribution in [1.29, 1.82) is 0 Å². The summed E-state index contributed by atoms with van der Waals surface area (Å²) in [6.07, 6.45) is 2.19. The summed E-state index contributed by atoms with van der Waals surface area (Å²) >= 11 is 0. The number of cyclic esters (lactones) is 1. The Morgan fingerprint density at radius 2 is 1.81 bits per heavy atom. The number of nitrogens with zero attached hydrogens (tertiary/aromatic N) is 1. The number of benzene rings is 1. The van der Waals surface area contributed by atoms with E-state index in [2.05, 4.69) is 54.5 Å². The Hall–Kier alpha value is -1.96. The topological polar surface area (TPSA) is 74.3 Å². The Morgan fingerprint density at radius 1 is 1.14 bits per heavy atom. The van der Waals surface area contributed by atoms with Crippen LogP contribution >= 0.6 is 0 Å². The van der Waals surface area contributed by atoms with Crippen LogP contribution in [-0.2, 0) is 30.2 Å². The molecule has 8 atom stereocenters. The Balaban J connectivity index is 1.79. The zero-order valence-corrected chi connectivity index (χ0v) is 28.3. The van der Waals surface area contributed by atoms with E-state index < -0.39 is 6.23 Å². The van der Waals surface area contributed by atoms with E-state index >= 15 is 0 Å². The van der Waals surface area contributed by atoms with Crippen LogP contribution in [0.15, 0.2) is 6.07 Å². The molecule has 7 heteroatoms. The molecular formula is C35H57NO6. The molecule has 0 saturated carbocycles. The molecular weight excluding hydrogens is 530 g/mol. The van der Waals surface area contributed by atoms with Gasteiger partial charge in [0, 0.05) is 27.2 Å². The van der Waals surface area contributed by atoms with Crippen molar-refractivity contribution >= 4 is 11.9 Å². The first kappa shape index (κ1) is 34.5. The van der Waals surface area contributed by atoms with Gasteiger partial charge in [-0.3, -0.25) is 4.79 Å². The lowest BCUT2D eigenvalue weighted by Crippen LogP contribution is -2.56. The van der Waals surface area contributed by atoms with E-state index in [-0.39, 0.29) is 53.4 Å². The van der Waals surface area contributed by atoms with Gasteiger partial charge in [-0.25, -0.2) is 4.79 Å². The molecule has 0 radical (unpaired) electrons. The third kappa shape index (κ3) is 7.05. The number of likely N-dealkylation sites (N-methyl/N-ethyl adjacent to an activating group) is 1. The zero-order valence-electron chi connectivity index (χ0n) is 28.3. The van der Waals surface area contributed by atoms with Gasteiger partial charge in [-0.1, -0.05) is 47.6 Å². The number of hydrogen-bond acceptors (Lipinski definition) is 6. The van der Waals surface area contributed by atoms with E-state index in [1.54, 1.807) is 12.0 Å². The molecule has 1 aromatic carbocycles. The van der Waals surface area contributed by atoms with Crippen molar-refractivity contribution < 1.29 is 28.5 Å². The number of amides is 1. The van der Waals surface area contributed by atoms with Crippen molar-refractivity contribution in [3.63, 3.8) is 0 Å². The molecule has 42 heavy (non-hydrogen) atoms. The molecule has 2 aliphatic heterocycles. The summed E-state index contributed by atoms with van der Waals surface area (Å²) in [5.74, 6) is 0.388. The van der Waals surface area contributed by atoms with Gasteiger partial charge in [0.05, 0.1) is 24.2 Å². The first-order valence-electron chi connectivity index (χ1n) is 16.0. The van der Waals surface area contributed by atoms with Crippen molar-refractivity contribution in [3.8, 4) is 0 Å². The Bertz CT molecular complexity index is 1100. The van der Waals surface area contributed by atoms with Gasteiger partial charge in [0.1, 0.15) is 12.2 Å². The van der Waals surface area contributed by atoms with Crippen LogP contribution in [-0.4, -0.2) is 68.7 Å². The molecule has 3 rings (SSSR count). The van der Waals surface area contributed by atoms with E-state index in [1.165, 1.54) is 11.1 Å². The van der Waals surface area contributed by atoms with Crippen LogP contribution in [0, 0.1) is 49.9 Å². The molecule has 1 saturated heterocycles. The lowest BCUT2D eigenvalue weighted by atomic mass is 9.67. The molecule has 238 valence electrons. The molecule has 8 unspecified atom stereocenters. The minimum atomic E-state index is -0.465. The van der Waals surface area contributed by atoms with Gasteiger partial charge in [-0.2, -0.15) is 0 Å². The lowest BCUT2D eigenvalue weighted by Gasteiger charge is -2.50. The van der Waals surface area contributed by atoms with Gasteiger partial charge < -0.3 is 23.8 Å². The van der Waals surface area contributed by atoms with E-state index in [9.17, 15) is 9.59 Å². The smallest absolute Gasteiger partial charge is 0.338 e. The summed E-state index contributed by atoms with van der Waals surface area (Å²) in [6.45, 7) is 22.4. The minimum absolute atomic E-state index is 0.0255. The number of ether oxygens (including phenoxy) is 4. The third-order valence-electron chi connectivity index (χ3n) is 10.7. The van der Waals surface area contributed by atoms with Gasteiger partial charge in [-0.15, -0.1) is 0 Å². The number of carbonyl (C=O) groups excluding carboxylic acids is 2. The average molecular weight is 588 g/mol. The standard InChI is InChI=1S/C35H57NO6/c1-13-26(19-39-12)32(37)36(11)33(40-14-2)29-17-23(6)35(9,10)30(41-29)16-21(4)25(8)28-18-27-24(7)20(3)15-22(5)31(27)34(38)42-28/h15,21,23,25-26,28-30,33H,13-14,16-19H2,1-12H3. The highest BCUT2D eigenvalue weighted by atomic mass is 16.6. The number of hydrogen-bond donors (Lipinski definition) is 0. The van der Waals surface area contributed by atoms with E-state index in [4.69, 9.17) is 18.9 Å². The van der Waals surface area contributed by atoms with Crippen LogP contribution in [0.2, 0.25) is 0 Å². The minimum Gasteiger partial charge on any atom is -0.458 e. The van der Waals surface area contributed by atoms with Gasteiger partial charge in [0.2, 0.25) is 5.91 Å². The van der Waals surface area contributed by atoms with Crippen molar-refractivity contribution in [1.82, 2.24) is 4.90 Å². The quantitative estimate of drug-likeness (QED) is 0.201. The fourth-order valence-electron chi connectivity index (χ4n) is 6.93. The van der Waals surface area contributed by atoms with E-state index in [0.717, 1.165) is 36.0 Å². The van der Waals surface area contributed by atoms with Crippen molar-refractivity contribution in [2.24, 2.45) is 29.1 Å². The molecule has 7 nitrogen and oxygen atoms in total. The highest BCUT2D eigenvalue weighted by Crippen LogP contribution is 2.46. The van der Waals surface area contributed by atoms with Crippen LogP contribution in [0.25, 0.3) is 0 Å². The summed E-state index contributed by atoms with van der Waals surface area (Å²) in [6, 6.07) is 2.09. The maximum atomic E-state index is 13.4. The second kappa shape index (κ2) is 14.2. The number of methoxy groups -OCH3 is 1. The van der Waals surface area contributed by atoms with Crippen LogP contribution in [0.1, 0.15) is 100 Å². The number of fused-ring (bicyclic) bond motifs is 1. The van der Waals surface area contributed by atoms with Crippen molar-refractivity contribution in [2.75, 3.05) is 27.4 Å².